The molecule has 1 fully saturated rings. The molecule has 6 heterocycles. The average molecular weight is 676 g/mol. The van der Waals surface area contributed by atoms with Crippen molar-refractivity contribution < 1.29 is 19.8 Å². The molecule has 0 aliphatic carbocycles. The monoisotopic (exact) mass is 675 g/mol. The average Bonchev–Trinajstić information content (AvgIpc) is 3.29. The smallest absolute Gasteiger partial charge is 0.317 e. The summed E-state index contributed by atoms with van der Waals surface area (Å²) in [6.07, 6.45) is 0. The molecule has 0 aromatic carbocycles. The zero-order valence-electron chi connectivity index (χ0n) is 22.8. The van der Waals surface area contributed by atoms with Gasteiger partial charge in [-0.25, -0.2) is 9.67 Å². The van der Waals surface area contributed by atoms with E-state index in [9.17, 15) is 19.8 Å². The van der Waals surface area contributed by atoms with E-state index >= 15 is 0 Å². The predicted molar refractivity (Wildman–Crippen MR) is 158 cm³/mol. The molecule has 13 nitrogen and oxygen atoms in total. The molecule has 3 aliphatic rings. The molecular weight excluding hydrogens is 641 g/mol. The number of carbonyl (C=O) groups is 2. The van der Waals surface area contributed by atoms with E-state index in [2.05, 4.69) is 42.7 Å². The summed E-state index contributed by atoms with van der Waals surface area (Å²) in [4.78, 5) is 41.7. The van der Waals surface area contributed by atoms with E-state index in [4.69, 9.17) is 9.97 Å². The van der Waals surface area contributed by atoms with Crippen LogP contribution in [0.15, 0.2) is 36.4 Å². The maximum absolute atomic E-state index is 11.7. The molecule has 1 saturated heterocycles. The number of nitrogens with zero attached hydrogens (tertiary/aromatic N) is 9. The first kappa shape index (κ1) is 29.4. The third-order valence-electron chi connectivity index (χ3n) is 7.34. The second kappa shape index (κ2) is 13.7. The highest BCUT2D eigenvalue weighted by molar-refractivity contribution is 14.1. The van der Waals surface area contributed by atoms with Gasteiger partial charge in [-0.05, 0) is 46.9 Å². The van der Waals surface area contributed by atoms with Crippen LogP contribution in [0, 0.1) is 3.70 Å². The first-order valence-electron chi connectivity index (χ1n) is 13.7. The van der Waals surface area contributed by atoms with Crippen molar-refractivity contribution in [3.63, 3.8) is 0 Å². The van der Waals surface area contributed by atoms with Gasteiger partial charge in [-0.1, -0.05) is 17.3 Å². The summed E-state index contributed by atoms with van der Waals surface area (Å²) in [5.41, 5.74) is 4.18. The Bertz CT molecular complexity index is 1340. The third kappa shape index (κ3) is 8.25. The van der Waals surface area contributed by atoms with E-state index in [0.717, 1.165) is 32.2 Å². The van der Waals surface area contributed by atoms with E-state index in [1.54, 1.807) is 0 Å². The Balaban J connectivity index is 1.56. The van der Waals surface area contributed by atoms with Crippen LogP contribution in [0.25, 0.3) is 11.4 Å². The fraction of sp³-hybridized carbons (Fsp3) is 0.481. The molecule has 14 heteroatoms. The summed E-state index contributed by atoms with van der Waals surface area (Å²) in [6.45, 7) is 6.29. The van der Waals surface area contributed by atoms with Crippen molar-refractivity contribution in [1.29, 1.82) is 0 Å². The second-order valence-corrected chi connectivity index (χ2v) is 11.4. The Labute approximate surface area is 251 Å². The van der Waals surface area contributed by atoms with Crippen molar-refractivity contribution in [3.05, 3.63) is 57.2 Å². The maximum atomic E-state index is 11.7. The van der Waals surface area contributed by atoms with Gasteiger partial charge in [-0.3, -0.25) is 34.2 Å². The van der Waals surface area contributed by atoms with Crippen molar-refractivity contribution in [2.75, 3.05) is 65.4 Å². The molecule has 3 aliphatic heterocycles. The quantitative estimate of drug-likeness (QED) is 0.378. The number of rotatable bonds is 4. The van der Waals surface area contributed by atoms with Gasteiger partial charge in [0.15, 0.2) is 3.70 Å². The van der Waals surface area contributed by atoms with Crippen molar-refractivity contribution >= 4 is 34.5 Å². The topological polar surface area (TPSA) is 144 Å². The van der Waals surface area contributed by atoms with E-state index in [-0.39, 0.29) is 13.1 Å². The minimum Gasteiger partial charge on any atom is -0.480 e. The molecule has 6 rings (SSSR count). The van der Waals surface area contributed by atoms with Crippen LogP contribution in [0.4, 0.5) is 0 Å². The van der Waals surface area contributed by atoms with Gasteiger partial charge in [0.1, 0.15) is 5.69 Å². The molecular formula is C27H34IN9O4. The van der Waals surface area contributed by atoms with Crippen LogP contribution in [0.5, 0.6) is 0 Å². The van der Waals surface area contributed by atoms with Gasteiger partial charge >= 0.3 is 11.9 Å². The van der Waals surface area contributed by atoms with Crippen LogP contribution >= 0.6 is 22.6 Å². The minimum atomic E-state index is -0.853. The molecule has 218 valence electrons. The fourth-order valence-corrected chi connectivity index (χ4v) is 5.90. The molecule has 0 radical (unpaired) electrons. The highest BCUT2D eigenvalue weighted by atomic mass is 127. The fourth-order valence-electron chi connectivity index (χ4n) is 5.25. The molecule has 0 saturated carbocycles. The van der Waals surface area contributed by atoms with Crippen LogP contribution in [-0.2, 0) is 29.2 Å². The van der Waals surface area contributed by atoms with Gasteiger partial charge in [0.2, 0.25) is 0 Å². The highest BCUT2D eigenvalue weighted by Crippen LogP contribution is 2.23. The molecule has 2 N–H and O–H groups in total. The lowest BCUT2D eigenvalue weighted by molar-refractivity contribution is -0.139. The maximum Gasteiger partial charge on any atom is 0.317 e. The Hall–Kier alpha value is -3.05. The number of aromatic nitrogens is 5. The van der Waals surface area contributed by atoms with Crippen molar-refractivity contribution in [1.82, 2.24) is 44.6 Å². The normalized spacial score (nSPS) is 21.1. The van der Waals surface area contributed by atoms with Crippen molar-refractivity contribution in [3.8, 4) is 11.4 Å². The third-order valence-corrected chi connectivity index (χ3v) is 8.07. The summed E-state index contributed by atoms with van der Waals surface area (Å²) < 4.78 is 2.60. The largest absolute Gasteiger partial charge is 0.480 e. The number of hydrogen-bond acceptors (Lipinski definition) is 10. The lowest BCUT2D eigenvalue weighted by Crippen LogP contribution is -2.47. The number of fused-ring (bicyclic) bond motifs is 8. The summed E-state index contributed by atoms with van der Waals surface area (Å²) in [5.74, 6) is -1.71. The van der Waals surface area contributed by atoms with Gasteiger partial charge in [0, 0.05) is 65.4 Å². The van der Waals surface area contributed by atoms with Gasteiger partial charge < -0.3 is 10.2 Å². The summed E-state index contributed by atoms with van der Waals surface area (Å²) in [6, 6.07) is 11.8. The van der Waals surface area contributed by atoms with Crippen LogP contribution in [-0.4, -0.2) is 132 Å². The standard InChI is InChI=1S/C27H34IN9O4/c28-27-26-23-6-2-5-21(30-23)16-34-9-13-35(18-24(38)39)11-7-33(8-12-36(14-10-34)19-25(40)41)15-20-3-1-4-22(29-20)17-37(26)32-31-27/h1-6H,7-19H2,(H,38,39)(H,40,41). The van der Waals surface area contributed by atoms with E-state index < -0.39 is 11.9 Å². The Morgan fingerprint density at radius 2 is 1.20 bits per heavy atom. The Morgan fingerprint density at radius 1 is 0.707 bits per heavy atom. The summed E-state index contributed by atoms with van der Waals surface area (Å²) in [5, 5.41) is 27.9. The number of carboxylic acids is 2. The van der Waals surface area contributed by atoms with Crippen LogP contribution in [0.2, 0.25) is 0 Å². The second-order valence-electron chi connectivity index (χ2n) is 10.4. The molecule has 3 aromatic heterocycles. The summed E-state index contributed by atoms with van der Waals surface area (Å²) >= 11 is 2.18. The van der Waals surface area contributed by atoms with Crippen LogP contribution in [0.3, 0.4) is 0 Å². The Morgan fingerprint density at radius 3 is 1.73 bits per heavy atom. The zero-order chi connectivity index (χ0) is 28.8. The zero-order valence-corrected chi connectivity index (χ0v) is 24.9. The van der Waals surface area contributed by atoms with E-state index in [0.29, 0.717) is 72.0 Å². The van der Waals surface area contributed by atoms with Crippen molar-refractivity contribution in [2.24, 2.45) is 0 Å². The molecule has 0 unspecified atom stereocenters. The SMILES string of the molecule is O=C(O)CN1CCN2CCN(CC(=O)O)CCN(CC1)Cc1cccc(n1)-c1c(I)nnn1Cc1cccc(n1)C2. The van der Waals surface area contributed by atoms with Crippen molar-refractivity contribution in [2.45, 2.75) is 19.6 Å². The minimum absolute atomic E-state index is 0.0380. The first-order chi connectivity index (χ1) is 19.8. The van der Waals surface area contributed by atoms with Gasteiger partial charge in [-0.15, -0.1) is 5.10 Å². The van der Waals surface area contributed by atoms with Gasteiger partial charge in [-0.2, -0.15) is 0 Å². The number of halogens is 1. The van der Waals surface area contributed by atoms with Gasteiger partial charge in [0.05, 0.1) is 42.4 Å². The number of carboxylic acid groups (broad SMARTS) is 2. The Kier molecular flexibility index (Phi) is 9.87. The highest BCUT2D eigenvalue weighted by Gasteiger charge is 2.21. The molecule has 0 amide bonds. The first-order valence-corrected chi connectivity index (χ1v) is 14.7. The molecule has 3 aromatic rings. The van der Waals surface area contributed by atoms with Crippen LogP contribution < -0.4 is 0 Å². The predicted octanol–water partition coefficient (Wildman–Crippen LogP) is 0.792. The van der Waals surface area contributed by atoms with Gasteiger partial charge in [0.25, 0.3) is 0 Å². The lowest BCUT2D eigenvalue weighted by atomic mass is 10.2. The molecule has 0 spiro atoms. The van der Waals surface area contributed by atoms with Crippen LogP contribution in [0.1, 0.15) is 17.1 Å². The van der Waals surface area contributed by atoms with E-state index in [1.807, 2.05) is 50.9 Å². The number of hydrogen-bond donors (Lipinski definition) is 2. The molecule has 0 atom stereocenters. The van der Waals surface area contributed by atoms with E-state index in [1.165, 1.54) is 0 Å². The number of pyridine rings is 2. The molecule has 41 heavy (non-hydrogen) atoms. The summed E-state index contributed by atoms with van der Waals surface area (Å²) in [7, 11) is 0. The molecule has 6 bridgehead atoms. The lowest BCUT2D eigenvalue weighted by Gasteiger charge is -2.33. The number of aliphatic carboxylic acids is 2.